The average Bonchev–Trinajstić information content (AvgIpc) is 2.32. The Morgan fingerprint density at radius 2 is 2.12 bits per heavy atom. The van der Waals surface area contributed by atoms with Gasteiger partial charge in [-0.2, -0.15) is 0 Å². The molecule has 1 heterocycles. The van der Waals surface area contributed by atoms with Crippen molar-refractivity contribution in [2.24, 2.45) is 0 Å². The Kier molecular flexibility index (Phi) is 3.45. The van der Waals surface area contributed by atoms with Gasteiger partial charge in [0.2, 0.25) is 0 Å². The van der Waals surface area contributed by atoms with E-state index in [1.54, 1.807) is 6.07 Å². The summed E-state index contributed by atoms with van der Waals surface area (Å²) in [5, 5.41) is 3.21. The summed E-state index contributed by atoms with van der Waals surface area (Å²) in [7, 11) is 1.90. The van der Waals surface area contributed by atoms with Crippen LogP contribution in [0.15, 0.2) is 18.2 Å². The van der Waals surface area contributed by atoms with E-state index in [1.165, 1.54) is 6.07 Å². The maximum Gasteiger partial charge on any atom is 0.159 e. The molecule has 17 heavy (non-hydrogen) atoms. The van der Waals surface area contributed by atoms with E-state index < -0.39 is 17.2 Å². The Balaban J connectivity index is 2.27. The molecular formula is C13H17F2NO. The smallest absolute Gasteiger partial charge is 0.159 e. The highest BCUT2D eigenvalue weighted by atomic mass is 19.2. The van der Waals surface area contributed by atoms with Gasteiger partial charge in [-0.15, -0.1) is 0 Å². The Labute approximate surface area is 100.0 Å². The minimum absolute atomic E-state index is 0.349. The van der Waals surface area contributed by atoms with E-state index >= 15 is 0 Å². The largest absolute Gasteiger partial charge is 0.370 e. The molecule has 0 bridgehead atoms. The topological polar surface area (TPSA) is 21.3 Å². The molecule has 1 fully saturated rings. The second-order valence-electron chi connectivity index (χ2n) is 4.69. The zero-order chi connectivity index (χ0) is 12.5. The molecule has 94 valence electrons. The maximum absolute atomic E-state index is 13.2. The molecule has 0 radical (unpaired) electrons. The number of benzene rings is 1. The second-order valence-corrected chi connectivity index (χ2v) is 4.69. The van der Waals surface area contributed by atoms with Crippen LogP contribution < -0.4 is 5.32 Å². The molecule has 0 amide bonds. The fourth-order valence-corrected chi connectivity index (χ4v) is 2.33. The number of hydrogen-bond acceptors (Lipinski definition) is 2. The van der Waals surface area contributed by atoms with Gasteiger partial charge in [0.1, 0.15) is 0 Å². The first-order chi connectivity index (χ1) is 8.05. The van der Waals surface area contributed by atoms with E-state index in [4.69, 9.17) is 4.74 Å². The quantitative estimate of drug-likeness (QED) is 0.859. The summed E-state index contributed by atoms with van der Waals surface area (Å²) >= 11 is 0. The molecule has 2 unspecified atom stereocenters. The summed E-state index contributed by atoms with van der Waals surface area (Å²) in [6.45, 7) is 2.55. The molecule has 1 aliphatic rings. The first-order valence-electron chi connectivity index (χ1n) is 5.82. The lowest BCUT2D eigenvalue weighted by molar-refractivity contribution is -0.0806. The molecule has 2 atom stereocenters. The maximum atomic E-state index is 13.2. The van der Waals surface area contributed by atoms with Crippen molar-refractivity contribution in [1.29, 1.82) is 0 Å². The third-order valence-corrected chi connectivity index (χ3v) is 3.46. The number of nitrogens with one attached hydrogen (secondary N) is 1. The lowest BCUT2D eigenvalue weighted by Crippen LogP contribution is -2.42. The summed E-state index contributed by atoms with van der Waals surface area (Å²) in [6.07, 6.45) is 1.70. The highest BCUT2D eigenvalue weighted by molar-refractivity contribution is 5.24. The van der Waals surface area contributed by atoms with Gasteiger partial charge in [0.25, 0.3) is 0 Å². The molecule has 4 heteroatoms. The van der Waals surface area contributed by atoms with Crippen LogP contribution >= 0.6 is 0 Å². The van der Waals surface area contributed by atoms with E-state index in [9.17, 15) is 8.78 Å². The van der Waals surface area contributed by atoms with Crippen molar-refractivity contribution < 1.29 is 13.5 Å². The fraction of sp³-hybridized carbons (Fsp3) is 0.538. The summed E-state index contributed by atoms with van der Waals surface area (Å²) in [5.74, 6) is -1.64. The number of ether oxygens (including phenoxy) is 1. The lowest BCUT2D eigenvalue weighted by atomic mass is 9.86. The highest BCUT2D eigenvalue weighted by Crippen LogP contribution is 2.35. The molecule has 0 spiro atoms. The molecule has 1 aromatic carbocycles. The molecule has 0 aliphatic carbocycles. The van der Waals surface area contributed by atoms with Crippen LogP contribution in [0, 0.1) is 11.6 Å². The second kappa shape index (κ2) is 4.70. The predicted molar refractivity (Wildman–Crippen MR) is 61.7 cm³/mol. The molecule has 1 N–H and O–H groups in total. The average molecular weight is 241 g/mol. The van der Waals surface area contributed by atoms with E-state index in [0.29, 0.717) is 18.2 Å². The zero-order valence-electron chi connectivity index (χ0n) is 10.1. The van der Waals surface area contributed by atoms with Crippen molar-refractivity contribution in [3.05, 3.63) is 35.4 Å². The molecular weight excluding hydrogens is 224 g/mol. The predicted octanol–water partition coefficient (Wildman–Crippen LogP) is 2.58. The fourth-order valence-electron chi connectivity index (χ4n) is 2.33. The van der Waals surface area contributed by atoms with Gasteiger partial charge in [-0.3, -0.25) is 0 Å². The van der Waals surface area contributed by atoms with Crippen LogP contribution in [0.5, 0.6) is 0 Å². The first kappa shape index (κ1) is 12.5. The highest BCUT2D eigenvalue weighted by Gasteiger charge is 2.34. The Morgan fingerprint density at radius 3 is 2.76 bits per heavy atom. The third-order valence-electron chi connectivity index (χ3n) is 3.46. The summed E-state index contributed by atoms with van der Waals surface area (Å²) < 4.78 is 31.9. The zero-order valence-corrected chi connectivity index (χ0v) is 10.1. The van der Waals surface area contributed by atoms with Gasteiger partial charge in [0.15, 0.2) is 11.6 Å². The van der Waals surface area contributed by atoms with Crippen molar-refractivity contribution in [1.82, 2.24) is 5.32 Å². The molecule has 0 saturated carbocycles. The van der Waals surface area contributed by atoms with Gasteiger partial charge in [-0.05, 0) is 44.5 Å². The van der Waals surface area contributed by atoms with Crippen molar-refractivity contribution in [3.63, 3.8) is 0 Å². The minimum Gasteiger partial charge on any atom is -0.370 e. The van der Waals surface area contributed by atoms with E-state index in [2.05, 4.69) is 5.32 Å². The van der Waals surface area contributed by atoms with Crippen LogP contribution in [-0.4, -0.2) is 19.7 Å². The van der Waals surface area contributed by atoms with Crippen molar-refractivity contribution in [2.45, 2.75) is 31.4 Å². The molecule has 2 nitrogen and oxygen atoms in total. The molecule has 1 saturated heterocycles. The van der Waals surface area contributed by atoms with Crippen LogP contribution in [-0.2, 0) is 10.3 Å². The first-order valence-corrected chi connectivity index (χ1v) is 5.82. The van der Waals surface area contributed by atoms with Gasteiger partial charge in [-0.1, -0.05) is 6.07 Å². The Morgan fingerprint density at radius 1 is 1.35 bits per heavy atom. The standard InChI is InChI=1S/C13H17F2NO/c1-13(8-10(16-2)5-6-17-13)9-3-4-11(14)12(15)7-9/h3-4,7,10,16H,5-6,8H2,1-2H3. The summed E-state index contributed by atoms with van der Waals surface area (Å²) in [5.41, 5.74) is 0.150. The molecule has 2 rings (SSSR count). The van der Waals surface area contributed by atoms with Crippen LogP contribution in [0.3, 0.4) is 0 Å². The van der Waals surface area contributed by atoms with Crippen LogP contribution in [0.4, 0.5) is 8.78 Å². The number of rotatable bonds is 2. The monoisotopic (exact) mass is 241 g/mol. The van der Waals surface area contributed by atoms with Crippen molar-refractivity contribution in [2.75, 3.05) is 13.7 Å². The van der Waals surface area contributed by atoms with Crippen molar-refractivity contribution in [3.8, 4) is 0 Å². The van der Waals surface area contributed by atoms with Gasteiger partial charge in [0, 0.05) is 12.6 Å². The van der Waals surface area contributed by atoms with Gasteiger partial charge in [0.05, 0.1) is 5.60 Å². The van der Waals surface area contributed by atoms with Crippen LogP contribution in [0.25, 0.3) is 0 Å². The van der Waals surface area contributed by atoms with Gasteiger partial charge < -0.3 is 10.1 Å². The molecule has 1 aromatic rings. The minimum atomic E-state index is -0.821. The van der Waals surface area contributed by atoms with Gasteiger partial charge in [-0.25, -0.2) is 8.78 Å². The van der Waals surface area contributed by atoms with Gasteiger partial charge >= 0.3 is 0 Å². The normalized spacial score (nSPS) is 29.3. The van der Waals surface area contributed by atoms with E-state index in [1.807, 2.05) is 14.0 Å². The lowest BCUT2D eigenvalue weighted by Gasteiger charge is -2.38. The third kappa shape index (κ3) is 2.48. The van der Waals surface area contributed by atoms with Crippen molar-refractivity contribution >= 4 is 0 Å². The summed E-state index contributed by atoms with van der Waals surface area (Å²) in [4.78, 5) is 0. The Bertz CT molecular complexity index is 410. The molecule has 1 aliphatic heterocycles. The van der Waals surface area contributed by atoms with E-state index in [-0.39, 0.29) is 0 Å². The van der Waals surface area contributed by atoms with Crippen LogP contribution in [0.2, 0.25) is 0 Å². The SMILES string of the molecule is CNC1CCOC(C)(c2ccc(F)c(F)c2)C1. The Hall–Kier alpha value is -1.00. The number of hydrogen-bond donors (Lipinski definition) is 1. The molecule has 0 aromatic heterocycles. The summed E-state index contributed by atoms with van der Waals surface area (Å²) in [6, 6.07) is 4.33. The van der Waals surface area contributed by atoms with Crippen LogP contribution in [0.1, 0.15) is 25.3 Å². The van der Waals surface area contributed by atoms with E-state index in [0.717, 1.165) is 18.9 Å². The number of halogens is 2.